The lowest BCUT2D eigenvalue weighted by Gasteiger charge is -2.35. The second-order valence-corrected chi connectivity index (χ2v) is 7.03. The summed E-state index contributed by atoms with van der Waals surface area (Å²) < 4.78 is 49.1. The second kappa shape index (κ2) is 25.1. The van der Waals surface area contributed by atoms with Crippen molar-refractivity contribution in [2.24, 2.45) is 0 Å². The highest BCUT2D eigenvalue weighted by Crippen LogP contribution is 2.15. The number of hydrogen-bond donors (Lipinski definition) is 0. The number of rotatable bonds is 4. The molecule has 0 spiro atoms. The molecule has 0 atom stereocenters. The van der Waals surface area contributed by atoms with Crippen LogP contribution in [-0.2, 0) is 0 Å². The molecule has 0 bridgehead atoms. The third kappa shape index (κ3) is 19.2. The molecule has 0 amide bonds. The molecule has 45 heavy (non-hydrogen) atoms. The molecule has 0 aromatic heterocycles. The molecular weight excluding hydrogens is 610 g/mol. The van der Waals surface area contributed by atoms with E-state index >= 15 is 0 Å². The van der Waals surface area contributed by atoms with Gasteiger partial charge in [-0.05, 0) is 66.5 Å². The monoisotopic (exact) mass is 630 g/mol. The maximum absolute atomic E-state index is 12.3. The van der Waals surface area contributed by atoms with Gasteiger partial charge in [0.1, 0.15) is 0 Å². The third-order valence-electron chi connectivity index (χ3n) is 4.19. The molecule has 0 saturated heterocycles. The number of benzene rings is 4. The smallest absolute Gasteiger partial charge is 0.344 e. The van der Waals surface area contributed by atoms with Crippen LogP contribution in [0.5, 0.6) is 0 Å². The molecule has 0 aliphatic carbocycles. The minimum Gasteiger partial charge on any atom is -1.00 e. The summed E-state index contributed by atoms with van der Waals surface area (Å²) >= 11 is 0. The lowest BCUT2D eigenvalue weighted by atomic mass is 10.3. The first-order valence-corrected chi connectivity index (χ1v) is 11.5. The molecule has 0 fully saturated rings. The number of anilines is 4. The van der Waals surface area contributed by atoms with Gasteiger partial charge in [0.15, 0.2) is 43.7 Å². The minimum absolute atomic E-state index is 0. The summed E-state index contributed by atoms with van der Waals surface area (Å²) in [5.74, 6) is 0. The van der Waals surface area contributed by atoms with Gasteiger partial charge in [0.05, 0.1) is 0 Å². The highest BCUT2D eigenvalue weighted by molar-refractivity contribution is 6.24. The number of nitrogens with zero attached hydrogens (tertiary/aromatic N) is 12. The van der Waals surface area contributed by atoms with Crippen LogP contribution in [0.1, 0.15) is 0 Å². The van der Waals surface area contributed by atoms with E-state index in [1.807, 2.05) is 0 Å². The molecule has 15 nitrogen and oxygen atoms in total. The van der Waals surface area contributed by atoms with Crippen LogP contribution < -0.4 is 40.7 Å². The molecule has 0 heterocycles. The Kier molecular flexibility index (Phi) is 22.6. The quantitative estimate of drug-likeness (QED) is 0.105. The van der Waals surface area contributed by atoms with Gasteiger partial charge in [0.2, 0.25) is 0 Å². The molecule has 0 aliphatic rings. The third-order valence-corrected chi connectivity index (χ3v) is 4.19. The Bertz CT molecular complexity index is 1260. The van der Waals surface area contributed by atoms with Crippen LogP contribution >= 0.6 is 0 Å². The van der Waals surface area contributed by atoms with E-state index in [0.717, 1.165) is 0 Å². The first kappa shape index (κ1) is 40.5. The van der Waals surface area contributed by atoms with Crippen LogP contribution in [0.4, 0.5) is 40.7 Å². The number of hydrogen-bond acceptors (Lipinski definition) is 11. The Morgan fingerprint density at radius 2 is 0.533 bits per heavy atom. The lowest BCUT2D eigenvalue weighted by Crippen LogP contribution is -3.00. The maximum Gasteiger partial charge on any atom is 0.344 e. The highest BCUT2D eigenvalue weighted by atomic mass is 19.2. The standard InChI is InChI=1S/4C6H5FN3.BO3.FH/c4*7-10(9-8)6-4-2-1-3-5-6;2-1(3)4;/h4*1-5H;;1H/q4*+1;-3;/p-1. The molecule has 21 heteroatoms. The Labute approximate surface area is 252 Å². The fraction of sp³-hybridized carbons (Fsp3) is 0. The molecule has 232 valence electrons. The van der Waals surface area contributed by atoms with Crippen molar-refractivity contribution in [2.75, 3.05) is 20.9 Å². The van der Waals surface area contributed by atoms with E-state index in [-0.39, 0.29) is 48.4 Å². The average Bonchev–Trinajstić information content (AvgIpc) is 3.09. The fourth-order valence-electron chi connectivity index (χ4n) is 2.41. The van der Waals surface area contributed by atoms with Gasteiger partial charge in [-0.2, -0.15) is 0 Å². The molecule has 4 aromatic rings. The SMILES string of the molecule is N#[N+]N(F)c1ccccc1.N#[N+]N(F)c1ccccc1.N#[N+]N(F)c1ccccc1.N#[N+]N(F)c1ccccc1.[F-].[O-]B([O-])[O-]. The average molecular weight is 630 g/mol. The molecule has 0 saturated carbocycles. The van der Waals surface area contributed by atoms with Gasteiger partial charge in [-0.3, -0.25) is 7.32 Å². The summed E-state index contributed by atoms with van der Waals surface area (Å²) in [6, 6.07) is 32.0. The van der Waals surface area contributed by atoms with Gasteiger partial charge in [-0.1, -0.05) is 72.8 Å². The van der Waals surface area contributed by atoms with Gasteiger partial charge in [0.25, 0.3) is 21.6 Å². The van der Waals surface area contributed by atoms with Crippen molar-refractivity contribution >= 4 is 30.1 Å². The fourth-order valence-corrected chi connectivity index (χ4v) is 2.41. The molecule has 0 unspecified atom stereocenters. The summed E-state index contributed by atoms with van der Waals surface area (Å²) in [6.45, 7) is 0. The van der Waals surface area contributed by atoms with Crippen LogP contribution in [0.2, 0.25) is 0 Å². The molecular formula is C24H20BF5N12O3. The second-order valence-electron chi connectivity index (χ2n) is 7.03. The maximum atomic E-state index is 12.3. The van der Waals surface area contributed by atoms with Crippen molar-refractivity contribution in [3.8, 4) is 0 Å². The van der Waals surface area contributed by atoms with Crippen LogP contribution in [0.3, 0.4) is 0 Å². The van der Waals surface area contributed by atoms with Crippen molar-refractivity contribution in [2.45, 2.75) is 0 Å². The van der Waals surface area contributed by atoms with Crippen molar-refractivity contribution in [3.05, 3.63) is 142 Å². The molecule has 4 aromatic carbocycles. The zero-order chi connectivity index (χ0) is 33.2. The summed E-state index contributed by atoms with van der Waals surface area (Å²) in [7, 11) is -2.92. The summed E-state index contributed by atoms with van der Waals surface area (Å²) in [5, 5.41) is 66.0. The normalized spacial score (nSPS) is 8.07. The van der Waals surface area contributed by atoms with Gasteiger partial charge < -0.3 is 19.8 Å². The molecule has 0 radical (unpaired) electrons. The van der Waals surface area contributed by atoms with E-state index in [4.69, 9.17) is 36.6 Å². The molecule has 4 rings (SSSR count). The topological polar surface area (TPSA) is 195 Å². The Hall–Kier alpha value is -6.65. The van der Waals surface area contributed by atoms with Crippen LogP contribution in [0.25, 0.3) is 20.3 Å². The van der Waals surface area contributed by atoms with Crippen molar-refractivity contribution in [3.63, 3.8) is 0 Å². The van der Waals surface area contributed by atoms with Gasteiger partial charge in [0, 0.05) is 0 Å². The van der Waals surface area contributed by atoms with E-state index in [1.165, 1.54) is 48.5 Å². The van der Waals surface area contributed by atoms with E-state index in [0.29, 0.717) is 0 Å². The zero-order valence-electron chi connectivity index (χ0n) is 22.6. The predicted molar refractivity (Wildman–Crippen MR) is 146 cm³/mol. The first-order chi connectivity index (χ1) is 21.1. The molecule has 0 aliphatic heterocycles. The highest BCUT2D eigenvalue weighted by Gasteiger charge is 2.15. The molecule has 0 N–H and O–H groups in total. The van der Waals surface area contributed by atoms with Gasteiger partial charge in [-0.25, -0.2) is 0 Å². The van der Waals surface area contributed by atoms with E-state index in [1.54, 1.807) is 72.8 Å². The summed E-state index contributed by atoms with van der Waals surface area (Å²) in [4.78, 5) is 0. The Morgan fingerprint density at radius 3 is 0.644 bits per heavy atom. The van der Waals surface area contributed by atoms with Crippen LogP contribution in [0.15, 0.2) is 121 Å². The predicted octanol–water partition coefficient (Wildman–Crippen LogP) is 1.64. The number of para-hydroxylation sites is 4. The van der Waals surface area contributed by atoms with Crippen LogP contribution in [0, 0.1) is 21.6 Å². The Balaban J connectivity index is 0. The van der Waals surface area contributed by atoms with E-state index < -0.39 is 7.32 Å². The number of halogens is 5. The summed E-state index contributed by atoms with van der Waals surface area (Å²) in [6.07, 6.45) is 0. The van der Waals surface area contributed by atoms with Crippen molar-refractivity contribution < 1.29 is 37.7 Å². The first-order valence-electron chi connectivity index (χ1n) is 11.5. The van der Waals surface area contributed by atoms with Crippen molar-refractivity contribution in [1.82, 2.24) is 0 Å². The Morgan fingerprint density at radius 1 is 0.400 bits per heavy atom. The van der Waals surface area contributed by atoms with E-state index in [2.05, 4.69) is 20.3 Å². The van der Waals surface area contributed by atoms with Gasteiger partial charge in [-0.15, -0.1) is 0 Å². The van der Waals surface area contributed by atoms with Crippen molar-refractivity contribution in [1.29, 1.82) is 21.6 Å². The lowest BCUT2D eigenvalue weighted by molar-refractivity contribution is -0.479. The van der Waals surface area contributed by atoms with E-state index in [9.17, 15) is 17.9 Å². The zero-order valence-corrected chi connectivity index (χ0v) is 22.6. The largest absolute Gasteiger partial charge is 1.00 e. The summed E-state index contributed by atoms with van der Waals surface area (Å²) in [5.41, 5.74) is 0.796. The minimum atomic E-state index is -2.92. The van der Waals surface area contributed by atoms with Gasteiger partial charge >= 0.3 is 20.3 Å². The number of diazo groups is 4. The van der Waals surface area contributed by atoms with Crippen LogP contribution in [-0.4, -0.2) is 7.32 Å².